The summed E-state index contributed by atoms with van der Waals surface area (Å²) in [5.74, 6) is 1.46. The molecule has 0 saturated carbocycles. The normalized spacial score (nSPS) is 11.1. The van der Waals surface area contributed by atoms with Crippen LogP contribution in [0.1, 0.15) is 36.5 Å². The summed E-state index contributed by atoms with van der Waals surface area (Å²) in [5.41, 5.74) is 9.21. The van der Waals surface area contributed by atoms with Crippen molar-refractivity contribution >= 4 is 23.4 Å². The van der Waals surface area contributed by atoms with Crippen LogP contribution in [0.25, 0.3) is 0 Å². The zero-order valence-corrected chi connectivity index (χ0v) is 13.5. The highest BCUT2D eigenvalue weighted by Crippen LogP contribution is 2.28. The van der Waals surface area contributed by atoms with Gasteiger partial charge in [0.1, 0.15) is 0 Å². The van der Waals surface area contributed by atoms with Crippen LogP contribution in [-0.2, 0) is 12.3 Å². The maximum atomic E-state index is 6.27. The summed E-state index contributed by atoms with van der Waals surface area (Å²) in [4.78, 5) is 1.27. The number of benzene rings is 2. The van der Waals surface area contributed by atoms with Crippen molar-refractivity contribution in [2.75, 3.05) is 0 Å². The molecule has 0 spiro atoms. The van der Waals surface area contributed by atoms with Gasteiger partial charge >= 0.3 is 0 Å². The lowest BCUT2D eigenvalue weighted by atomic mass is 10.0. The summed E-state index contributed by atoms with van der Waals surface area (Å²) in [5, 5.41) is 0.805. The Kier molecular flexibility index (Phi) is 5.53. The molecule has 3 heteroatoms. The van der Waals surface area contributed by atoms with Gasteiger partial charge in [0.05, 0.1) is 0 Å². The summed E-state index contributed by atoms with van der Waals surface area (Å²) in [7, 11) is 0. The summed E-state index contributed by atoms with van der Waals surface area (Å²) >= 11 is 8.08. The average molecular weight is 306 g/mol. The van der Waals surface area contributed by atoms with Crippen LogP contribution in [0.4, 0.5) is 0 Å². The lowest BCUT2D eigenvalue weighted by Crippen LogP contribution is -1.96. The number of halogens is 1. The monoisotopic (exact) mass is 305 g/mol. The van der Waals surface area contributed by atoms with E-state index in [1.54, 1.807) is 11.8 Å². The minimum absolute atomic E-state index is 0.532. The van der Waals surface area contributed by atoms with Gasteiger partial charge < -0.3 is 5.73 Å². The zero-order valence-electron chi connectivity index (χ0n) is 11.9. The Bertz CT molecular complexity index is 564. The summed E-state index contributed by atoms with van der Waals surface area (Å²) in [6, 6.07) is 14.8. The molecule has 20 heavy (non-hydrogen) atoms. The summed E-state index contributed by atoms with van der Waals surface area (Å²) < 4.78 is 0. The third kappa shape index (κ3) is 4.02. The van der Waals surface area contributed by atoms with Gasteiger partial charge in [0.2, 0.25) is 0 Å². The third-order valence-corrected chi connectivity index (χ3v) is 4.71. The van der Waals surface area contributed by atoms with E-state index in [0.29, 0.717) is 12.5 Å². The van der Waals surface area contributed by atoms with Crippen molar-refractivity contribution in [3.05, 3.63) is 64.2 Å². The molecule has 106 valence electrons. The van der Waals surface area contributed by atoms with Crippen molar-refractivity contribution in [2.24, 2.45) is 5.73 Å². The molecular formula is C17H20ClNS. The molecule has 0 saturated heterocycles. The van der Waals surface area contributed by atoms with E-state index in [2.05, 4.69) is 44.2 Å². The van der Waals surface area contributed by atoms with Crippen molar-refractivity contribution in [2.45, 2.75) is 37.0 Å². The second-order valence-corrected chi connectivity index (χ2v) is 6.60. The van der Waals surface area contributed by atoms with Gasteiger partial charge in [-0.25, -0.2) is 0 Å². The predicted octanol–water partition coefficient (Wildman–Crippen LogP) is 5.21. The Morgan fingerprint density at radius 3 is 2.35 bits per heavy atom. The highest BCUT2D eigenvalue weighted by Gasteiger charge is 2.04. The van der Waals surface area contributed by atoms with Gasteiger partial charge in [0.25, 0.3) is 0 Å². The molecule has 0 aliphatic rings. The van der Waals surface area contributed by atoms with E-state index in [1.807, 2.05) is 12.1 Å². The van der Waals surface area contributed by atoms with Crippen LogP contribution in [0.2, 0.25) is 5.02 Å². The van der Waals surface area contributed by atoms with Crippen molar-refractivity contribution in [1.82, 2.24) is 0 Å². The standard InChI is InChI=1S/C17H20ClNS/c1-12(2)14-5-7-16(8-6-14)20-11-15-4-3-13(10-19)9-17(15)18/h3-9,12H,10-11,19H2,1-2H3. The van der Waals surface area contributed by atoms with Gasteiger partial charge in [0, 0.05) is 22.2 Å². The quantitative estimate of drug-likeness (QED) is 0.767. The second-order valence-electron chi connectivity index (χ2n) is 5.14. The number of hydrogen-bond acceptors (Lipinski definition) is 2. The molecule has 0 aromatic heterocycles. The molecule has 2 aromatic rings. The summed E-state index contributed by atoms with van der Waals surface area (Å²) in [6.45, 7) is 4.95. The Balaban J connectivity index is 2.01. The van der Waals surface area contributed by atoms with E-state index in [4.69, 9.17) is 17.3 Å². The van der Waals surface area contributed by atoms with Gasteiger partial charge in [-0.2, -0.15) is 0 Å². The van der Waals surface area contributed by atoms with E-state index < -0.39 is 0 Å². The molecule has 0 fully saturated rings. The number of nitrogens with two attached hydrogens (primary N) is 1. The van der Waals surface area contributed by atoms with Crippen molar-refractivity contribution in [1.29, 1.82) is 0 Å². The maximum absolute atomic E-state index is 6.27. The largest absolute Gasteiger partial charge is 0.326 e. The van der Waals surface area contributed by atoms with Crippen LogP contribution >= 0.6 is 23.4 Å². The fourth-order valence-electron chi connectivity index (χ4n) is 1.94. The second kappa shape index (κ2) is 7.16. The molecule has 2 N–H and O–H groups in total. The minimum Gasteiger partial charge on any atom is -0.326 e. The third-order valence-electron chi connectivity index (χ3n) is 3.29. The van der Waals surface area contributed by atoms with Gasteiger partial charge in [-0.3, -0.25) is 0 Å². The number of hydrogen-bond donors (Lipinski definition) is 1. The topological polar surface area (TPSA) is 26.0 Å². The smallest absolute Gasteiger partial charge is 0.0449 e. The van der Waals surface area contributed by atoms with Crippen LogP contribution in [0.5, 0.6) is 0 Å². The first kappa shape index (κ1) is 15.4. The lowest BCUT2D eigenvalue weighted by Gasteiger charge is -2.08. The Hall–Kier alpha value is -0.960. The van der Waals surface area contributed by atoms with Crippen LogP contribution < -0.4 is 5.73 Å². The molecule has 0 aliphatic heterocycles. The van der Waals surface area contributed by atoms with Gasteiger partial charge in [-0.05, 0) is 40.8 Å². The highest BCUT2D eigenvalue weighted by molar-refractivity contribution is 7.98. The van der Waals surface area contributed by atoms with E-state index in [1.165, 1.54) is 10.5 Å². The first-order valence-electron chi connectivity index (χ1n) is 6.80. The van der Waals surface area contributed by atoms with Crippen molar-refractivity contribution in [3.63, 3.8) is 0 Å². The van der Waals surface area contributed by atoms with E-state index in [-0.39, 0.29) is 0 Å². The summed E-state index contributed by atoms with van der Waals surface area (Å²) in [6.07, 6.45) is 0. The van der Waals surface area contributed by atoms with Crippen LogP contribution in [0.3, 0.4) is 0 Å². The minimum atomic E-state index is 0.532. The molecule has 0 heterocycles. The van der Waals surface area contributed by atoms with E-state index in [9.17, 15) is 0 Å². The average Bonchev–Trinajstić information content (AvgIpc) is 2.46. The Morgan fingerprint density at radius 2 is 1.80 bits per heavy atom. The molecule has 0 radical (unpaired) electrons. The molecule has 0 atom stereocenters. The van der Waals surface area contributed by atoms with Gasteiger partial charge in [-0.15, -0.1) is 11.8 Å². The predicted molar refractivity (Wildman–Crippen MR) is 89.4 cm³/mol. The molecule has 0 unspecified atom stereocenters. The van der Waals surface area contributed by atoms with Crippen molar-refractivity contribution < 1.29 is 0 Å². The molecule has 0 aliphatic carbocycles. The highest BCUT2D eigenvalue weighted by atomic mass is 35.5. The molecule has 2 rings (SSSR count). The first-order chi connectivity index (χ1) is 9.60. The maximum Gasteiger partial charge on any atom is 0.0449 e. The van der Waals surface area contributed by atoms with E-state index >= 15 is 0 Å². The SMILES string of the molecule is CC(C)c1ccc(SCc2ccc(CN)cc2Cl)cc1. The first-order valence-corrected chi connectivity index (χ1v) is 8.16. The Labute approximate surface area is 130 Å². The van der Waals surface area contributed by atoms with Gasteiger partial charge in [0.15, 0.2) is 0 Å². The molecule has 2 aromatic carbocycles. The zero-order chi connectivity index (χ0) is 14.5. The van der Waals surface area contributed by atoms with Crippen LogP contribution in [-0.4, -0.2) is 0 Å². The molecular weight excluding hydrogens is 286 g/mol. The van der Waals surface area contributed by atoms with Crippen LogP contribution in [0, 0.1) is 0 Å². The fraction of sp³-hybridized carbons (Fsp3) is 0.294. The number of thioether (sulfide) groups is 1. The molecule has 0 bridgehead atoms. The molecule has 0 amide bonds. The van der Waals surface area contributed by atoms with Crippen LogP contribution in [0.15, 0.2) is 47.4 Å². The number of rotatable bonds is 5. The van der Waals surface area contributed by atoms with E-state index in [0.717, 1.165) is 21.9 Å². The molecule has 1 nitrogen and oxygen atoms in total. The van der Waals surface area contributed by atoms with Crippen molar-refractivity contribution in [3.8, 4) is 0 Å². The fourth-order valence-corrected chi connectivity index (χ4v) is 3.20. The van der Waals surface area contributed by atoms with Gasteiger partial charge in [-0.1, -0.05) is 49.7 Å². The lowest BCUT2D eigenvalue weighted by molar-refractivity contribution is 0.865. The Morgan fingerprint density at radius 1 is 1.10 bits per heavy atom.